The van der Waals surface area contributed by atoms with E-state index in [2.05, 4.69) is 47.6 Å². The third kappa shape index (κ3) is 4.16. The topological polar surface area (TPSA) is 26.0 Å². The molecule has 76 valence electrons. The lowest BCUT2D eigenvalue weighted by Gasteiger charge is -2.10. The quantitative estimate of drug-likeness (QED) is 0.663. The first-order valence-electron chi connectivity index (χ1n) is 5.00. The largest absolute Gasteiger partial charge is 0.399 e. The van der Waals surface area contributed by atoms with Crippen LogP contribution in [0.5, 0.6) is 0 Å². The molecule has 13 heavy (non-hydrogen) atoms. The number of hydrogen-bond acceptors (Lipinski definition) is 1. The van der Waals surface area contributed by atoms with Crippen molar-refractivity contribution >= 4 is 0 Å². The van der Waals surface area contributed by atoms with Gasteiger partial charge in [0.1, 0.15) is 0 Å². The molecule has 0 radical (unpaired) electrons. The van der Waals surface area contributed by atoms with Crippen LogP contribution in [0.2, 0.25) is 0 Å². The van der Waals surface area contributed by atoms with E-state index >= 15 is 0 Å². The van der Waals surface area contributed by atoms with Gasteiger partial charge in [0.25, 0.3) is 0 Å². The predicted octanol–water partition coefficient (Wildman–Crippen LogP) is 3.48. The Hall–Kier alpha value is -0.720. The summed E-state index contributed by atoms with van der Waals surface area (Å²) in [6.07, 6.45) is 2.10. The van der Waals surface area contributed by atoms with E-state index in [9.17, 15) is 0 Å². The summed E-state index contributed by atoms with van der Waals surface area (Å²) < 4.78 is 0. The zero-order chi connectivity index (χ0) is 10.6. The minimum absolute atomic E-state index is 0.538. The van der Waals surface area contributed by atoms with Gasteiger partial charge in [-0.1, -0.05) is 33.3 Å². The highest BCUT2D eigenvalue weighted by molar-refractivity contribution is 5.26. The fraction of sp³-hybridized carbons (Fsp3) is 0.667. The molecule has 2 N–H and O–H groups in total. The van der Waals surface area contributed by atoms with E-state index in [1.54, 1.807) is 0 Å². The second-order valence-corrected chi connectivity index (χ2v) is 4.34. The normalized spacial score (nSPS) is 15.2. The molecule has 0 atom stereocenters. The van der Waals surface area contributed by atoms with Gasteiger partial charge in [-0.05, 0) is 37.3 Å². The van der Waals surface area contributed by atoms with Gasteiger partial charge in [0.05, 0.1) is 0 Å². The number of hydrogen-bond donors (Lipinski definition) is 1. The Kier molecular flexibility index (Phi) is 4.82. The van der Waals surface area contributed by atoms with Crippen LogP contribution in [0.3, 0.4) is 0 Å². The molecule has 1 heteroatoms. The maximum Gasteiger partial charge on any atom is 0.0305 e. The van der Waals surface area contributed by atoms with Crippen molar-refractivity contribution in [3.05, 3.63) is 22.9 Å². The predicted molar refractivity (Wildman–Crippen MR) is 60.3 cm³/mol. The lowest BCUT2D eigenvalue weighted by atomic mass is 9.99. The van der Waals surface area contributed by atoms with Crippen LogP contribution < -0.4 is 5.73 Å². The molecule has 1 nitrogen and oxygen atoms in total. The fourth-order valence-electron chi connectivity index (χ4n) is 0.859. The van der Waals surface area contributed by atoms with Crippen LogP contribution >= 0.6 is 0 Å². The highest BCUT2D eigenvalue weighted by Gasteiger charge is 2.02. The SMILES string of the molecule is C/C(=C(N)\C=C(/C)C(C)C)C(C)C. The van der Waals surface area contributed by atoms with Gasteiger partial charge in [0, 0.05) is 5.70 Å². The molecule has 0 aliphatic carbocycles. The Morgan fingerprint density at radius 3 is 1.77 bits per heavy atom. The van der Waals surface area contributed by atoms with E-state index in [1.807, 2.05) is 0 Å². The van der Waals surface area contributed by atoms with Crippen LogP contribution in [0.15, 0.2) is 22.9 Å². The molecule has 0 unspecified atom stereocenters. The van der Waals surface area contributed by atoms with Gasteiger partial charge in [0.15, 0.2) is 0 Å². The van der Waals surface area contributed by atoms with Crippen LogP contribution in [-0.4, -0.2) is 0 Å². The fourth-order valence-corrected chi connectivity index (χ4v) is 0.859. The van der Waals surface area contributed by atoms with Crippen molar-refractivity contribution < 1.29 is 0 Å². The number of nitrogens with two attached hydrogens (primary N) is 1. The maximum atomic E-state index is 5.96. The number of rotatable bonds is 3. The van der Waals surface area contributed by atoms with Crippen molar-refractivity contribution in [1.29, 1.82) is 0 Å². The Bertz CT molecular complexity index is 219. The zero-order valence-corrected chi connectivity index (χ0v) is 9.81. The van der Waals surface area contributed by atoms with E-state index in [0.717, 1.165) is 5.70 Å². The van der Waals surface area contributed by atoms with Crippen LogP contribution in [-0.2, 0) is 0 Å². The molecule has 0 aromatic rings. The molecule has 0 saturated heterocycles. The van der Waals surface area contributed by atoms with E-state index in [4.69, 9.17) is 5.73 Å². The molecular weight excluding hydrogens is 158 g/mol. The van der Waals surface area contributed by atoms with E-state index in [-0.39, 0.29) is 0 Å². The monoisotopic (exact) mass is 181 g/mol. The summed E-state index contributed by atoms with van der Waals surface area (Å²) >= 11 is 0. The van der Waals surface area contributed by atoms with Crippen molar-refractivity contribution in [3.8, 4) is 0 Å². The lowest BCUT2D eigenvalue weighted by molar-refractivity contribution is 0.749. The van der Waals surface area contributed by atoms with E-state index < -0.39 is 0 Å². The maximum absolute atomic E-state index is 5.96. The summed E-state index contributed by atoms with van der Waals surface area (Å²) in [6, 6.07) is 0. The third-order valence-corrected chi connectivity index (χ3v) is 2.62. The van der Waals surface area contributed by atoms with Crippen LogP contribution in [0.4, 0.5) is 0 Å². The molecule has 0 aromatic carbocycles. The van der Waals surface area contributed by atoms with E-state index in [0.29, 0.717) is 11.8 Å². The minimum atomic E-state index is 0.538. The first-order chi connectivity index (χ1) is 5.86. The van der Waals surface area contributed by atoms with Gasteiger partial charge in [0.2, 0.25) is 0 Å². The summed E-state index contributed by atoms with van der Waals surface area (Å²) in [7, 11) is 0. The van der Waals surface area contributed by atoms with Crippen LogP contribution in [0.25, 0.3) is 0 Å². The first-order valence-corrected chi connectivity index (χ1v) is 5.00. The second-order valence-electron chi connectivity index (χ2n) is 4.34. The molecule has 0 aliphatic rings. The van der Waals surface area contributed by atoms with Crippen molar-refractivity contribution in [2.45, 2.75) is 41.5 Å². The Balaban J connectivity index is 4.71. The summed E-state index contributed by atoms with van der Waals surface area (Å²) in [4.78, 5) is 0. The smallest absolute Gasteiger partial charge is 0.0305 e. The molecule has 0 spiro atoms. The van der Waals surface area contributed by atoms with Crippen LogP contribution in [0, 0.1) is 11.8 Å². The molecule has 0 rings (SSSR count). The van der Waals surface area contributed by atoms with Gasteiger partial charge >= 0.3 is 0 Å². The highest BCUT2D eigenvalue weighted by atomic mass is 14.6. The average Bonchev–Trinajstić information content (AvgIpc) is 2.02. The Labute approximate surface area is 82.7 Å². The van der Waals surface area contributed by atoms with Crippen molar-refractivity contribution in [2.24, 2.45) is 17.6 Å². The van der Waals surface area contributed by atoms with Gasteiger partial charge in [-0.25, -0.2) is 0 Å². The van der Waals surface area contributed by atoms with Crippen molar-refractivity contribution in [1.82, 2.24) is 0 Å². The van der Waals surface area contributed by atoms with Crippen molar-refractivity contribution in [3.63, 3.8) is 0 Å². The standard InChI is InChI=1S/C12H23N/c1-8(2)10(5)7-12(13)11(6)9(3)4/h7-9H,13H2,1-6H3/b10-7+,12-11-. The second kappa shape index (κ2) is 5.11. The Morgan fingerprint density at radius 2 is 1.46 bits per heavy atom. The molecule has 0 heterocycles. The minimum Gasteiger partial charge on any atom is -0.399 e. The Morgan fingerprint density at radius 1 is 1.00 bits per heavy atom. The lowest BCUT2D eigenvalue weighted by Crippen LogP contribution is -2.04. The molecule has 0 amide bonds. The third-order valence-electron chi connectivity index (χ3n) is 2.62. The average molecular weight is 181 g/mol. The zero-order valence-electron chi connectivity index (χ0n) is 9.81. The molecular formula is C12H23N. The van der Waals surface area contributed by atoms with Gasteiger partial charge in [-0.3, -0.25) is 0 Å². The van der Waals surface area contributed by atoms with Crippen LogP contribution in [0.1, 0.15) is 41.5 Å². The molecule has 0 aromatic heterocycles. The van der Waals surface area contributed by atoms with E-state index in [1.165, 1.54) is 11.1 Å². The molecule has 0 fully saturated rings. The summed E-state index contributed by atoms with van der Waals surface area (Å²) in [5, 5.41) is 0. The molecule has 0 saturated carbocycles. The summed E-state index contributed by atoms with van der Waals surface area (Å²) in [6.45, 7) is 12.9. The first kappa shape index (κ1) is 12.3. The molecule has 0 bridgehead atoms. The summed E-state index contributed by atoms with van der Waals surface area (Å²) in [5.41, 5.74) is 9.51. The van der Waals surface area contributed by atoms with Gasteiger partial charge < -0.3 is 5.73 Å². The summed E-state index contributed by atoms with van der Waals surface area (Å²) in [5.74, 6) is 1.12. The van der Waals surface area contributed by atoms with Crippen molar-refractivity contribution in [2.75, 3.05) is 0 Å². The highest BCUT2D eigenvalue weighted by Crippen LogP contribution is 2.15. The number of allylic oxidation sites excluding steroid dienone is 3. The van der Waals surface area contributed by atoms with Gasteiger partial charge in [-0.15, -0.1) is 0 Å². The van der Waals surface area contributed by atoms with Gasteiger partial charge in [-0.2, -0.15) is 0 Å². The molecule has 0 aliphatic heterocycles.